The van der Waals surface area contributed by atoms with E-state index in [0.29, 0.717) is 29.1 Å². The molecule has 1 saturated carbocycles. The molecule has 1 aliphatic carbocycles. The van der Waals surface area contributed by atoms with E-state index in [1.54, 1.807) is 6.20 Å². The third-order valence-electron chi connectivity index (χ3n) is 7.67. The van der Waals surface area contributed by atoms with Gasteiger partial charge in [-0.1, -0.05) is 36.4 Å². The van der Waals surface area contributed by atoms with Gasteiger partial charge in [-0.2, -0.15) is 0 Å². The largest absolute Gasteiger partial charge is 0.360 e. The summed E-state index contributed by atoms with van der Waals surface area (Å²) in [4.78, 5) is 29.0. The van der Waals surface area contributed by atoms with Crippen molar-refractivity contribution in [2.75, 3.05) is 25.5 Å². The molecule has 1 amide bonds. The second kappa shape index (κ2) is 10.4. The minimum absolute atomic E-state index is 0.0444. The predicted molar refractivity (Wildman–Crippen MR) is 142 cm³/mol. The Morgan fingerprint density at radius 2 is 2.03 bits per heavy atom. The van der Waals surface area contributed by atoms with Crippen molar-refractivity contribution in [3.63, 3.8) is 0 Å². The Balaban J connectivity index is 1.24. The Morgan fingerprint density at radius 1 is 1.23 bits per heavy atom. The molecule has 2 aliphatic rings. The minimum Gasteiger partial charge on any atom is -0.360 e. The van der Waals surface area contributed by atoms with Crippen LogP contribution in [0, 0.1) is 0 Å². The normalized spacial score (nSPS) is 21.4. The molecule has 7 nitrogen and oxygen atoms in total. The van der Waals surface area contributed by atoms with Gasteiger partial charge in [0.05, 0.1) is 16.9 Å². The lowest BCUT2D eigenvalue weighted by atomic mass is 9.88. The van der Waals surface area contributed by atoms with Gasteiger partial charge in [-0.3, -0.25) is 4.79 Å². The van der Waals surface area contributed by atoms with Crippen LogP contribution < -0.4 is 5.32 Å². The topological polar surface area (TPSA) is 77.2 Å². The Hall–Kier alpha value is -2.90. The summed E-state index contributed by atoms with van der Waals surface area (Å²) in [5.41, 5.74) is 2.79. The Morgan fingerprint density at radius 3 is 2.83 bits per heavy atom. The molecule has 1 aliphatic heterocycles. The van der Waals surface area contributed by atoms with Crippen LogP contribution in [0.15, 0.2) is 49.3 Å². The van der Waals surface area contributed by atoms with E-state index in [9.17, 15) is 4.79 Å². The SMILES string of the molecule is C=CC(=O)N1CCC(N(C)[C@H]2CCC[C@@H](Nc3ncc(Cl)c(-c4c[nH]c5ccccc45)n3)C2)CC1. The van der Waals surface area contributed by atoms with Crippen LogP contribution >= 0.6 is 11.6 Å². The van der Waals surface area contributed by atoms with Crippen molar-refractivity contribution in [1.29, 1.82) is 0 Å². The van der Waals surface area contributed by atoms with Crippen LogP contribution in [0.2, 0.25) is 5.02 Å². The lowest BCUT2D eigenvalue weighted by Crippen LogP contribution is -2.50. The molecule has 184 valence electrons. The predicted octanol–water partition coefficient (Wildman–Crippen LogP) is 5.11. The Kier molecular flexibility index (Phi) is 7.07. The second-order valence-corrected chi connectivity index (χ2v) is 10.1. The molecule has 0 bridgehead atoms. The van der Waals surface area contributed by atoms with E-state index < -0.39 is 0 Å². The molecule has 2 N–H and O–H groups in total. The molecule has 2 fully saturated rings. The first-order chi connectivity index (χ1) is 17.0. The van der Waals surface area contributed by atoms with Gasteiger partial charge >= 0.3 is 0 Å². The number of halogens is 1. The first-order valence-electron chi connectivity index (χ1n) is 12.5. The molecule has 2 aromatic heterocycles. The van der Waals surface area contributed by atoms with Crippen molar-refractivity contribution in [3.05, 3.63) is 54.3 Å². The van der Waals surface area contributed by atoms with Gasteiger partial charge in [-0.05, 0) is 57.7 Å². The van der Waals surface area contributed by atoms with Gasteiger partial charge in [0.2, 0.25) is 11.9 Å². The van der Waals surface area contributed by atoms with E-state index in [-0.39, 0.29) is 5.91 Å². The molecular weight excluding hydrogens is 460 g/mol. The highest BCUT2D eigenvalue weighted by molar-refractivity contribution is 6.33. The fourth-order valence-electron chi connectivity index (χ4n) is 5.66. The highest BCUT2D eigenvalue weighted by Crippen LogP contribution is 2.33. The number of benzene rings is 1. The summed E-state index contributed by atoms with van der Waals surface area (Å²) in [7, 11) is 2.25. The zero-order valence-corrected chi connectivity index (χ0v) is 21.0. The fraction of sp³-hybridized carbons (Fsp3) is 0.444. The number of rotatable bonds is 6. The maximum Gasteiger partial charge on any atom is 0.245 e. The summed E-state index contributed by atoms with van der Waals surface area (Å²) < 4.78 is 0. The number of carbonyl (C=O) groups is 1. The average molecular weight is 493 g/mol. The van der Waals surface area contributed by atoms with Gasteiger partial charge < -0.3 is 20.1 Å². The summed E-state index contributed by atoms with van der Waals surface area (Å²) in [5, 5.41) is 5.23. The van der Waals surface area contributed by atoms with E-state index in [4.69, 9.17) is 16.6 Å². The number of anilines is 1. The van der Waals surface area contributed by atoms with Crippen molar-refractivity contribution in [3.8, 4) is 11.3 Å². The number of aromatic amines is 1. The summed E-state index contributed by atoms with van der Waals surface area (Å²) in [6.07, 6.45) is 11.6. The first-order valence-corrected chi connectivity index (χ1v) is 12.9. The molecule has 0 radical (unpaired) electrons. The van der Waals surface area contributed by atoms with Crippen LogP contribution in [0.1, 0.15) is 38.5 Å². The molecule has 3 heterocycles. The number of hydrogen-bond donors (Lipinski definition) is 2. The molecule has 2 atom stereocenters. The number of carbonyl (C=O) groups excluding carboxylic acids is 1. The molecule has 1 saturated heterocycles. The lowest BCUT2D eigenvalue weighted by Gasteiger charge is -2.43. The van der Waals surface area contributed by atoms with Crippen molar-refractivity contribution in [2.45, 2.75) is 56.7 Å². The number of nitrogens with zero attached hydrogens (tertiary/aromatic N) is 4. The summed E-state index contributed by atoms with van der Waals surface area (Å²) >= 11 is 6.52. The molecule has 35 heavy (non-hydrogen) atoms. The van der Waals surface area contributed by atoms with Crippen LogP contribution in [0.5, 0.6) is 0 Å². The smallest absolute Gasteiger partial charge is 0.245 e. The maximum atomic E-state index is 11.9. The van der Waals surface area contributed by atoms with Gasteiger partial charge in [0.15, 0.2) is 0 Å². The van der Waals surface area contributed by atoms with Crippen molar-refractivity contribution >= 4 is 34.4 Å². The monoisotopic (exact) mass is 492 g/mol. The molecular formula is C27H33ClN6O. The highest BCUT2D eigenvalue weighted by Gasteiger charge is 2.31. The zero-order valence-electron chi connectivity index (χ0n) is 20.2. The average Bonchev–Trinajstić information content (AvgIpc) is 3.33. The van der Waals surface area contributed by atoms with Crippen LogP contribution in [0.4, 0.5) is 5.95 Å². The number of piperidine rings is 1. The Bertz CT molecular complexity index is 1200. The zero-order chi connectivity index (χ0) is 24.4. The second-order valence-electron chi connectivity index (χ2n) is 9.73. The van der Waals surface area contributed by atoms with E-state index >= 15 is 0 Å². The summed E-state index contributed by atoms with van der Waals surface area (Å²) in [6, 6.07) is 9.49. The van der Waals surface area contributed by atoms with E-state index in [1.165, 1.54) is 18.9 Å². The minimum atomic E-state index is 0.0444. The van der Waals surface area contributed by atoms with Crippen LogP contribution in [0.25, 0.3) is 22.2 Å². The standard InChI is InChI=1S/C27H33ClN6O/c1-3-25(35)34-13-11-19(12-14-34)33(2)20-8-6-7-18(15-20)31-27-30-17-23(28)26(32-27)22-16-29-24-10-5-4-9-21(22)24/h3-5,9-10,16-20,29H,1,6-8,11-15H2,2H3,(H,30,31,32)/t18-,20+/m1/s1. The summed E-state index contributed by atoms with van der Waals surface area (Å²) in [6.45, 7) is 5.23. The number of amides is 1. The molecule has 5 rings (SSSR count). The van der Waals surface area contributed by atoms with E-state index in [0.717, 1.165) is 60.9 Å². The number of hydrogen-bond acceptors (Lipinski definition) is 5. The molecule has 0 spiro atoms. The van der Waals surface area contributed by atoms with Crippen molar-refractivity contribution < 1.29 is 4.79 Å². The van der Waals surface area contributed by atoms with E-state index in [2.05, 4.69) is 39.9 Å². The number of aromatic nitrogens is 3. The van der Waals surface area contributed by atoms with Gasteiger partial charge in [0, 0.05) is 53.9 Å². The Labute approximate surface area is 211 Å². The third-order valence-corrected chi connectivity index (χ3v) is 7.95. The molecule has 8 heteroatoms. The number of H-pyrrole nitrogens is 1. The number of nitrogens with one attached hydrogen (secondary N) is 2. The maximum absolute atomic E-state index is 11.9. The van der Waals surface area contributed by atoms with Crippen LogP contribution in [0.3, 0.4) is 0 Å². The number of fused-ring (bicyclic) bond motifs is 1. The van der Waals surface area contributed by atoms with Crippen molar-refractivity contribution in [1.82, 2.24) is 24.8 Å². The van der Waals surface area contributed by atoms with Gasteiger partial charge in [0.25, 0.3) is 0 Å². The molecule has 3 aromatic rings. The molecule has 0 unspecified atom stereocenters. The highest BCUT2D eigenvalue weighted by atomic mass is 35.5. The lowest BCUT2D eigenvalue weighted by molar-refractivity contribution is -0.127. The van der Waals surface area contributed by atoms with Crippen LogP contribution in [-0.4, -0.2) is 68.9 Å². The van der Waals surface area contributed by atoms with E-state index in [1.807, 2.05) is 29.3 Å². The van der Waals surface area contributed by atoms with Gasteiger partial charge in [-0.15, -0.1) is 0 Å². The molecule has 1 aromatic carbocycles. The number of para-hydroxylation sites is 1. The third kappa shape index (κ3) is 5.07. The van der Waals surface area contributed by atoms with Crippen molar-refractivity contribution in [2.24, 2.45) is 0 Å². The first kappa shape index (κ1) is 23.8. The van der Waals surface area contributed by atoms with Crippen LogP contribution in [-0.2, 0) is 4.79 Å². The van der Waals surface area contributed by atoms with Gasteiger partial charge in [-0.25, -0.2) is 9.97 Å². The fourth-order valence-corrected chi connectivity index (χ4v) is 5.85. The van der Waals surface area contributed by atoms with Gasteiger partial charge in [0.1, 0.15) is 0 Å². The summed E-state index contributed by atoms with van der Waals surface area (Å²) in [5.74, 6) is 0.669. The number of likely N-dealkylation sites (tertiary alicyclic amines) is 1. The quantitative estimate of drug-likeness (QED) is 0.467.